The number of anilines is 1. The van der Waals surface area contributed by atoms with E-state index in [9.17, 15) is 9.59 Å². The molecule has 0 fully saturated rings. The van der Waals surface area contributed by atoms with Crippen LogP contribution in [0.5, 0.6) is 5.75 Å². The highest BCUT2D eigenvalue weighted by atomic mass is 16.5. The molecule has 0 aromatic heterocycles. The van der Waals surface area contributed by atoms with Gasteiger partial charge in [0.1, 0.15) is 5.75 Å². The van der Waals surface area contributed by atoms with Gasteiger partial charge < -0.3 is 15.4 Å². The molecule has 0 aliphatic rings. The summed E-state index contributed by atoms with van der Waals surface area (Å²) >= 11 is 0. The normalized spacial score (nSPS) is 12.4. The summed E-state index contributed by atoms with van der Waals surface area (Å²) in [6.07, 6.45) is -0.673. The van der Waals surface area contributed by atoms with Gasteiger partial charge in [0.05, 0.1) is 0 Å². The fraction of sp³-hybridized carbons (Fsp3) is 0.391. The third-order valence-electron chi connectivity index (χ3n) is 4.21. The summed E-state index contributed by atoms with van der Waals surface area (Å²) in [5.74, 6) is 0.191. The van der Waals surface area contributed by atoms with Gasteiger partial charge in [0, 0.05) is 17.3 Å². The Morgan fingerprint density at radius 2 is 1.61 bits per heavy atom. The zero-order valence-electron chi connectivity index (χ0n) is 17.5. The molecule has 0 spiro atoms. The molecule has 5 heteroatoms. The Labute approximate surface area is 167 Å². The minimum Gasteiger partial charge on any atom is -0.481 e. The molecule has 5 nitrogen and oxygen atoms in total. The molecule has 0 aliphatic heterocycles. The SMILES string of the molecule is CC(C)NC(=O)c1cccc(NC(=O)C(C)Oc2ccc(C(C)(C)C)cc2)c1. The van der Waals surface area contributed by atoms with Gasteiger partial charge in [-0.1, -0.05) is 39.0 Å². The van der Waals surface area contributed by atoms with Crippen LogP contribution in [0.2, 0.25) is 0 Å². The Balaban J connectivity index is 2.00. The van der Waals surface area contributed by atoms with Gasteiger partial charge in [0.15, 0.2) is 6.10 Å². The molecule has 0 aliphatic carbocycles. The van der Waals surface area contributed by atoms with Crippen LogP contribution in [0.1, 0.15) is 57.5 Å². The van der Waals surface area contributed by atoms with Gasteiger partial charge in [-0.15, -0.1) is 0 Å². The van der Waals surface area contributed by atoms with Crippen molar-refractivity contribution in [3.8, 4) is 5.75 Å². The number of hydrogen-bond donors (Lipinski definition) is 2. The van der Waals surface area contributed by atoms with Crippen molar-refractivity contribution in [2.45, 2.75) is 59.1 Å². The van der Waals surface area contributed by atoms with Gasteiger partial charge in [0.25, 0.3) is 11.8 Å². The summed E-state index contributed by atoms with van der Waals surface area (Å²) in [5, 5.41) is 5.64. The van der Waals surface area contributed by atoms with Crippen molar-refractivity contribution in [2.75, 3.05) is 5.32 Å². The van der Waals surface area contributed by atoms with E-state index in [-0.39, 0.29) is 23.3 Å². The molecule has 28 heavy (non-hydrogen) atoms. The average Bonchev–Trinajstić information content (AvgIpc) is 2.61. The van der Waals surface area contributed by atoms with E-state index in [0.29, 0.717) is 17.0 Å². The van der Waals surface area contributed by atoms with Crippen LogP contribution in [-0.4, -0.2) is 24.0 Å². The summed E-state index contributed by atoms with van der Waals surface area (Å²) in [6.45, 7) is 11.9. The molecule has 2 aromatic carbocycles. The molecule has 150 valence electrons. The van der Waals surface area contributed by atoms with E-state index >= 15 is 0 Å². The highest BCUT2D eigenvalue weighted by Crippen LogP contribution is 2.24. The largest absolute Gasteiger partial charge is 0.481 e. The number of hydrogen-bond acceptors (Lipinski definition) is 3. The van der Waals surface area contributed by atoms with Crippen LogP contribution in [0.15, 0.2) is 48.5 Å². The van der Waals surface area contributed by atoms with Crippen molar-refractivity contribution in [1.82, 2.24) is 5.32 Å². The molecule has 1 unspecified atom stereocenters. The molecular formula is C23H30N2O3. The summed E-state index contributed by atoms with van der Waals surface area (Å²) in [4.78, 5) is 24.6. The number of ether oxygens (including phenoxy) is 1. The third kappa shape index (κ3) is 6.12. The van der Waals surface area contributed by atoms with E-state index in [0.717, 1.165) is 0 Å². The second kappa shape index (κ2) is 8.91. The zero-order valence-corrected chi connectivity index (χ0v) is 17.5. The number of carbonyl (C=O) groups is 2. The number of rotatable bonds is 6. The molecule has 2 N–H and O–H groups in total. The first-order chi connectivity index (χ1) is 13.1. The Hall–Kier alpha value is -2.82. The first-order valence-electron chi connectivity index (χ1n) is 9.55. The minimum atomic E-state index is -0.673. The lowest BCUT2D eigenvalue weighted by Gasteiger charge is -2.20. The molecule has 2 amide bonds. The molecule has 0 heterocycles. The van der Waals surface area contributed by atoms with Gasteiger partial charge in [-0.3, -0.25) is 9.59 Å². The minimum absolute atomic E-state index is 0.0452. The molecule has 0 saturated carbocycles. The summed E-state index contributed by atoms with van der Waals surface area (Å²) in [5.41, 5.74) is 2.32. The predicted molar refractivity (Wildman–Crippen MR) is 113 cm³/mol. The second-order valence-corrected chi connectivity index (χ2v) is 8.23. The van der Waals surface area contributed by atoms with Crippen LogP contribution < -0.4 is 15.4 Å². The third-order valence-corrected chi connectivity index (χ3v) is 4.21. The number of amides is 2. The zero-order chi connectivity index (χ0) is 20.9. The molecule has 2 rings (SSSR count). The van der Waals surface area contributed by atoms with E-state index in [1.807, 2.05) is 38.1 Å². The van der Waals surface area contributed by atoms with Crippen molar-refractivity contribution in [3.05, 3.63) is 59.7 Å². The lowest BCUT2D eigenvalue weighted by Crippen LogP contribution is -2.31. The summed E-state index contributed by atoms with van der Waals surface area (Å²) in [6, 6.07) is 14.7. The lowest BCUT2D eigenvalue weighted by molar-refractivity contribution is -0.122. The van der Waals surface area contributed by atoms with Crippen molar-refractivity contribution >= 4 is 17.5 Å². The van der Waals surface area contributed by atoms with Crippen molar-refractivity contribution in [2.24, 2.45) is 0 Å². The Kier molecular flexibility index (Phi) is 6.84. The smallest absolute Gasteiger partial charge is 0.265 e. The monoisotopic (exact) mass is 382 g/mol. The van der Waals surface area contributed by atoms with E-state index < -0.39 is 6.10 Å². The highest BCUT2D eigenvalue weighted by Gasteiger charge is 2.17. The van der Waals surface area contributed by atoms with Gasteiger partial charge in [-0.25, -0.2) is 0 Å². The highest BCUT2D eigenvalue weighted by molar-refractivity contribution is 5.98. The maximum absolute atomic E-state index is 12.5. The van der Waals surface area contributed by atoms with E-state index in [1.54, 1.807) is 31.2 Å². The van der Waals surface area contributed by atoms with Crippen LogP contribution in [0, 0.1) is 0 Å². The topological polar surface area (TPSA) is 67.4 Å². The van der Waals surface area contributed by atoms with Gasteiger partial charge >= 0.3 is 0 Å². The Morgan fingerprint density at radius 1 is 0.964 bits per heavy atom. The molecule has 0 saturated heterocycles. The second-order valence-electron chi connectivity index (χ2n) is 8.23. The van der Waals surface area contributed by atoms with Crippen LogP contribution in [0.4, 0.5) is 5.69 Å². The van der Waals surface area contributed by atoms with Gasteiger partial charge in [-0.05, 0) is 62.1 Å². The summed E-state index contributed by atoms with van der Waals surface area (Å²) < 4.78 is 5.75. The first kappa shape index (κ1) is 21.5. The standard InChI is InChI=1S/C23H30N2O3/c1-15(2)24-22(27)17-8-7-9-19(14-17)25-21(26)16(3)28-20-12-10-18(11-13-20)23(4,5)6/h7-16H,1-6H3,(H,24,27)(H,25,26). The van der Waals surface area contributed by atoms with Crippen molar-refractivity contribution in [3.63, 3.8) is 0 Å². The molecule has 0 bridgehead atoms. The summed E-state index contributed by atoms with van der Waals surface area (Å²) in [7, 11) is 0. The average molecular weight is 383 g/mol. The molecule has 2 aromatic rings. The number of nitrogens with one attached hydrogen (secondary N) is 2. The quantitative estimate of drug-likeness (QED) is 0.771. The van der Waals surface area contributed by atoms with Crippen LogP contribution in [0.3, 0.4) is 0 Å². The number of carbonyl (C=O) groups excluding carboxylic acids is 2. The molecule has 1 atom stereocenters. The fourth-order valence-corrected chi connectivity index (χ4v) is 2.62. The van der Waals surface area contributed by atoms with Crippen LogP contribution >= 0.6 is 0 Å². The van der Waals surface area contributed by atoms with Gasteiger partial charge in [-0.2, -0.15) is 0 Å². The van der Waals surface area contributed by atoms with Gasteiger partial charge in [0.2, 0.25) is 0 Å². The van der Waals surface area contributed by atoms with E-state index in [4.69, 9.17) is 4.74 Å². The van der Waals surface area contributed by atoms with E-state index in [2.05, 4.69) is 31.4 Å². The first-order valence-corrected chi connectivity index (χ1v) is 9.55. The predicted octanol–water partition coefficient (Wildman–Crippen LogP) is 4.53. The number of benzene rings is 2. The van der Waals surface area contributed by atoms with Crippen LogP contribution in [-0.2, 0) is 10.2 Å². The Morgan fingerprint density at radius 3 is 2.18 bits per heavy atom. The van der Waals surface area contributed by atoms with Crippen molar-refractivity contribution < 1.29 is 14.3 Å². The molecular weight excluding hydrogens is 352 g/mol. The molecule has 0 radical (unpaired) electrons. The van der Waals surface area contributed by atoms with Crippen molar-refractivity contribution in [1.29, 1.82) is 0 Å². The fourth-order valence-electron chi connectivity index (χ4n) is 2.62. The lowest BCUT2D eigenvalue weighted by atomic mass is 9.87. The van der Waals surface area contributed by atoms with Crippen LogP contribution in [0.25, 0.3) is 0 Å². The van der Waals surface area contributed by atoms with E-state index in [1.165, 1.54) is 5.56 Å². The maximum atomic E-state index is 12.5. The Bertz CT molecular complexity index is 820. The maximum Gasteiger partial charge on any atom is 0.265 e.